The fraction of sp³-hybridized carbons (Fsp3) is 1.00. The zero-order chi connectivity index (χ0) is 13.6. The molecule has 0 heterocycles. The molecular formula is C14H36N2. The third-order valence-electron chi connectivity index (χ3n) is 2.36. The molecule has 0 fully saturated rings. The summed E-state index contributed by atoms with van der Waals surface area (Å²) in [6, 6.07) is 0.731. The maximum Gasteiger partial charge on any atom is 0.0109 e. The van der Waals surface area contributed by atoms with E-state index in [1.54, 1.807) is 0 Å². The predicted octanol–water partition coefficient (Wildman–Crippen LogP) is 3.72. The molecule has 0 amide bonds. The van der Waals surface area contributed by atoms with Crippen LogP contribution in [0.25, 0.3) is 0 Å². The molecule has 0 radical (unpaired) electrons. The van der Waals surface area contributed by atoms with E-state index in [1.807, 2.05) is 27.7 Å². The van der Waals surface area contributed by atoms with Gasteiger partial charge in [-0.3, -0.25) is 0 Å². The van der Waals surface area contributed by atoms with Crippen LogP contribution < -0.4 is 0 Å². The van der Waals surface area contributed by atoms with E-state index < -0.39 is 0 Å². The number of hydrogen-bond acceptors (Lipinski definition) is 2. The first-order valence-corrected chi connectivity index (χ1v) is 6.93. The van der Waals surface area contributed by atoms with Crippen LogP contribution in [0, 0.1) is 0 Å². The summed E-state index contributed by atoms with van der Waals surface area (Å²) >= 11 is 0. The summed E-state index contributed by atoms with van der Waals surface area (Å²) < 4.78 is 0. The maximum atomic E-state index is 2.43. The van der Waals surface area contributed by atoms with Crippen LogP contribution in [0.5, 0.6) is 0 Å². The van der Waals surface area contributed by atoms with Gasteiger partial charge < -0.3 is 9.80 Å². The van der Waals surface area contributed by atoms with Gasteiger partial charge in [-0.1, -0.05) is 41.0 Å². The molecule has 0 saturated carbocycles. The summed E-state index contributed by atoms with van der Waals surface area (Å²) in [5.41, 5.74) is 0. The second kappa shape index (κ2) is 17.3. The van der Waals surface area contributed by atoms with Crippen LogP contribution in [0.2, 0.25) is 0 Å². The van der Waals surface area contributed by atoms with Crippen molar-refractivity contribution < 1.29 is 0 Å². The zero-order valence-corrected chi connectivity index (χ0v) is 13.3. The summed E-state index contributed by atoms with van der Waals surface area (Å²) in [5, 5.41) is 0. The van der Waals surface area contributed by atoms with Crippen LogP contribution in [0.1, 0.15) is 54.4 Å². The average molecular weight is 232 g/mol. The Morgan fingerprint density at radius 3 is 1.62 bits per heavy atom. The highest BCUT2D eigenvalue weighted by molar-refractivity contribution is 4.63. The molecular weight excluding hydrogens is 196 g/mol. The molecule has 1 unspecified atom stereocenters. The molecule has 2 heteroatoms. The topological polar surface area (TPSA) is 6.48 Å². The number of likely N-dealkylation sites (N-methyl/N-ethyl adjacent to an activating group) is 2. The van der Waals surface area contributed by atoms with Gasteiger partial charge in [-0.25, -0.2) is 0 Å². The van der Waals surface area contributed by atoms with Crippen molar-refractivity contribution in [1.82, 2.24) is 9.80 Å². The van der Waals surface area contributed by atoms with E-state index in [-0.39, 0.29) is 0 Å². The average Bonchev–Trinajstić information content (AvgIpc) is 2.31. The summed E-state index contributed by atoms with van der Waals surface area (Å²) in [5.74, 6) is 0. The summed E-state index contributed by atoms with van der Waals surface area (Å²) in [4.78, 5) is 4.67. The molecule has 0 aliphatic rings. The van der Waals surface area contributed by atoms with Crippen LogP contribution in [-0.4, -0.2) is 50.1 Å². The Morgan fingerprint density at radius 1 is 0.875 bits per heavy atom. The summed E-state index contributed by atoms with van der Waals surface area (Å²) in [6.45, 7) is 14.9. The van der Waals surface area contributed by atoms with Gasteiger partial charge in [-0.2, -0.15) is 0 Å². The van der Waals surface area contributed by atoms with Crippen LogP contribution >= 0.6 is 0 Å². The minimum Gasteiger partial charge on any atom is -0.308 e. The van der Waals surface area contributed by atoms with Gasteiger partial charge in [0.25, 0.3) is 0 Å². The molecule has 0 N–H and O–H groups in total. The first kappa shape index (κ1) is 21.2. The van der Waals surface area contributed by atoms with Crippen molar-refractivity contribution in [1.29, 1.82) is 0 Å². The molecule has 0 rings (SSSR count). The lowest BCUT2D eigenvalue weighted by Gasteiger charge is -2.25. The highest BCUT2D eigenvalue weighted by atomic mass is 15.2. The van der Waals surface area contributed by atoms with Gasteiger partial charge in [0.05, 0.1) is 0 Å². The molecule has 1 atom stereocenters. The molecule has 0 aliphatic heterocycles. The van der Waals surface area contributed by atoms with Crippen molar-refractivity contribution >= 4 is 0 Å². The Kier molecular flexibility index (Phi) is 23.0. The molecule has 0 aromatic rings. The van der Waals surface area contributed by atoms with Gasteiger partial charge in [0.2, 0.25) is 0 Å². The highest BCUT2D eigenvalue weighted by Gasteiger charge is 2.06. The first-order valence-electron chi connectivity index (χ1n) is 6.93. The van der Waals surface area contributed by atoms with Crippen LogP contribution in [-0.2, 0) is 0 Å². The van der Waals surface area contributed by atoms with Crippen molar-refractivity contribution in [2.24, 2.45) is 0 Å². The lowest BCUT2D eigenvalue weighted by Crippen LogP contribution is -2.34. The molecule has 2 nitrogen and oxygen atoms in total. The quantitative estimate of drug-likeness (QED) is 0.688. The van der Waals surface area contributed by atoms with Crippen LogP contribution in [0.3, 0.4) is 0 Å². The van der Waals surface area contributed by atoms with Gasteiger partial charge in [0.15, 0.2) is 0 Å². The number of hydrogen-bond donors (Lipinski definition) is 0. The normalized spacial score (nSPS) is 11.4. The minimum absolute atomic E-state index is 0.731. The molecule has 0 bridgehead atoms. The van der Waals surface area contributed by atoms with Gasteiger partial charge in [-0.05, 0) is 34.5 Å². The molecule has 0 aromatic heterocycles. The lowest BCUT2D eigenvalue weighted by atomic mass is 10.2. The standard InChI is InChI=1S/C10H24N2.2C2H6/c1-6-7-10(2)12(5)9-8-11(3)4;2*1-2/h10H,6-9H2,1-5H3;2*1-2H3. The van der Waals surface area contributed by atoms with Crippen molar-refractivity contribution in [3.63, 3.8) is 0 Å². The van der Waals surface area contributed by atoms with Crippen LogP contribution in [0.15, 0.2) is 0 Å². The minimum atomic E-state index is 0.731. The Hall–Kier alpha value is -0.0800. The molecule has 102 valence electrons. The smallest absolute Gasteiger partial charge is 0.0109 e. The zero-order valence-electron chi connectivity index (χ0n) is 13.3. The SMILES string of the molecule is CC.CC.CCCC(C)N(C)CCN(C)C. The lowest BCUT2D eigenvalue weighted by molar-refractivity contribution is 0.219. The molecule has 0 aliphatic carbocycles. The maximum absolute atomic E-state index is 2.43. The van der Waals surface area contributed by atoms with E-state index in [1.165, 1.54) is 19.4 Å². The molecule has 0 saturated heterocycles. The third kappa shape index (κ3) is 16.4. The Bertz CT molecular complexity index is 103. The van der Waals surface area contributed by atoms with E-state index in [9.17, 15) is 0 Å². The first-order chi connectivity index (χ1) is 7.57. The van der Waals surface area contributed by atoms with E-state index in [0.717, 1.165) is 12.6 Å². The van der Waals surface area contributed by atoms with Gasteiger partial charge in [-0.15, -0.1) is 0 Å². The summed E-state index contributed by atoms with van der Waals surface area (Å²) in [7, 11) is 6.46. The Morgan fingerprint density at radius 2 is 1.31 bits per heavy atom. The Balaban J connectivity index is -0.000000376. The van der Waals surface area contributed by atoms with E-state index in [2.05, 4.69) is 44.8 Å². The summed E-state index contributed by atoms with van der Waals surface area (Å²) in [6.07, 6.45) is 2.59. The Labute approximate surface area is 105 Å². The van der Waals surface area contributed by atoms with Crippen molar-refractivity contribution in [3.05, 3.63) is 0 Å². The van der Waals surface area contributed by atoms with Gasteiger partial charge in [0, 0.05) is 19.1 Å². The number of nitrogens with zero attached hydrogens (tertiary/aromatic N) is 2. The third-order valence-corrected chi connectivity index (χ3v) is 2.36. The molecule has 0 spiro atoms. The van der Waals surface area contributed by atoms with E-state index >= 15 is 0 Å². The second-order valence-electron chi connectivity index (χ2n) is 3.92. The van der Waals surface area contributed by atoms with Crippen molar-refractivity contribution in [2.45, 2.75) is 60.4 Å². The fourth-order valence-electron chi connectivity index (χ4n) is 1.22. The van der Waals surface area contributed by atoms with Crippen molar-refractivity contribution in [3.8, 4) is 0 Å². The predicted molar refractivity (Wildman–Crippen MR) is 78.3 cm³/mol. The number of rotatable bonds is 6. The highest BCUT2D eigenvalue weighted by Crippen LogP contribution is 2.02. The monoisotopic (exact) mass is 232 g/mol. The van der Waals surface area contributed by atoms with Crippen molar-refractivity contribution in [2.75, 3.05) is 34.2 Å². The van der Waals surface area contributed by atoms with E-state index in [0.29, 0.717) is 0 Å². The van der Waals surface area contributed by atoms with Crippen LogP contribution in [0.4, 0.5) is 0 Å². The fourth-order valence-corrected chi connectivity index (χ4v) is 1.22. The van der Waals surface area contributed by atoms with Gasteiger partial charge in [0.1, 0.15) is 0 Å². The van der Waals surface area contributed by atoms with E-state index in [4.69, 9.17) is 0 Å². The van der Waals surface area contributed by atoms with Gasteiger partial charge >= 0.3 is 0 Å². The molecule has 16 heavy (non-hydrogen) atoms. The largest absolute Gasteiger partial charge is 0.308 e. The second-order valence-corrected chi connectivity index (χ2v) is 3.92. The molecule has 0 aromatic carbocycles.